The highest BCUT2D eigenvalue weighted by atomic mass is 32.2. The molecule has 1 aromatic heterocycles. The highest BCUT2D eigenvalue weighted by Crippen LogP contribution is 2.27. The molecule has 8 heteroatoms. The van der Waals surface area contributed by atoms with Crippen LogP contribution >= 0.6 is 0 Å². The minimum Gasteiger partial charge on any atom is -0.497 e. The molecule has 136 valence electrons. The lowest BCUT2D eigenvalue weighted by molar-refractivity contribution is 0.0696. The van der Waals surface area contributed by atoms with Gasteiger partial charge in [0.05, 0.1) is 17.6 Å². The number of methoxy groups -OCH3 is 1. The van der Waals surface area contributed by atoms with E-state index in [4.69, 9.17) is 14.3 Å². The SMILES string of the molecule is COc1cc(C)c(S(=O)(=O)N(C)CCc2cc(C(=O)O)co2)c(C)c1. The van der Waals surface area contributed by atoms with Crippen LogP contribution in [0.3, 0.4) is 0 Å². The standard InChI is InChI=1S/C17H21NO6S/c1-11-7-15(23-4)8-12(2)16(11)25(21,22)18(3)6-5-14-9-13(10-24-14)17(19)20/h7-10H,5-6H2,1-4H3,(H,19,20). The van der Waals surface area contributed by atoms with Crippen molar-refractivity contribution in [2.45, 2.75) is 25.2 Å². The summed E-state index contributed by atoms with van der Waals surface area (Å²) in [6.07, 6.45) is 1.42. The van der Waals surface area contributed by atoms with E-state index in [2.05, 4.69) is 0 Å². The largest absolute Gasteiger partial charge is 0.497 e. The molecular weight excluding hydrogens is 346 g/mol. The zero-order valence-corrected chi connectivity index (χ0v) is 15.4. The Labute approximate surface area is 146 Å². The summed E-state index contributed by atoms with van der Waals surface area (Å²) < 4.78 is 37.3. The van der Waals surface area contributed by atoms with Gasteiger partial charge in [-0.25, -0.2) is 17.5 Å². The Morgan fingerprint density at radius 1 is 1.24 bits per heavy atom. The molecule has 0 amide bonds. The second-order valence-corrected chi connectivity index (χ2v) is 7.76. The third-order valence-electron chi connectivity index (χ3n) is 3.91. The van der Waals surface area contributed by atoms with Crippen molar-refractivity contribution in [2.24, 2.45) is 0 Å². The fourth-order valence-corrected chi connectivity index (χ4v) is 4.18. The van der Waals surface area contributed by atoms with Crippen LogP contribution in [0.25, 0.3) is 0 Å². The number of rotatable bonds is 7. The average molecular weight is 367 g/mol. The third-order valence-corrected chi connectivity index (χ3v) is 6.07. The van der Waals surface area contributed by atoms with E-state index < -0.39 is 16.0 Å². The van der Waals surface area contributed by atoms with Crippen LogP contribution in [0, 0.1) is 13.8 Å². The third kappa shape index (κ3) is 4.02. The fraction of sp³-hybridized carbons (Fsp3) is 0.353. The van der Waals surface area contributed by atoms with E-state index >= 15 is 0 Å². The first-order valence-electron chi connectivity index (χ1n) is 7.59. The van der Waals surface area contributed by atoms with Crippen LogP contribution in [0.15, 0.2) is 33.8 Å². The van der Waals surface area contributed by atoms with Gasteiger partial charge >= 0.3 is 5.97 Å². The number of likely N-dealkylation sites (N-methyl/N-ethyl adjacent to an activating group) is 1. The molecule has 0 saturated heterocycles. The quantitative estimate of drug-likeness (QED) is 0.807. The van der Waals surface area contributed by atoms with Gasteiger partial charge in [0.25, 0.3) is 0 Å². The predicted molar refractivity (Wildman–Crippen MR) is 91.7 cm³/mol. The number of aryl methyl sites for hydroxylation is 2. The van der Waals surface area contributed by atoms with Crippen LogP contribution in [0.4, 0.5) is 0 Å². The molecule has 1 aromatic carbocycles. The summed E-state index contributed by atoms with van der Waals surface area (Å²) >= 11 is 0. The van der Waals surface area contributed by atoms with Gasteiger partial charge < -0.3 is 14.3 Å². The maximum Gasteiger partial charge on any atom is 0.338 e. The molecule has 2 rings (SSSR count). The van der Waals surface area contributed by atoms with Crippen molar-refractivity contribution >= 4 is 16.0 Å². The highest BCUT2D eigenvalue weighted by molar-refractivity contribution is 7.89. The molecule has 25 heavy (non-hydrogen) atoms. The van der Waals surface area contributed by atoms with Gasteiger partial charge in [-0.2, -0.15) is 0 Å². The molecule has 0 fully saturated rings. The van der Waals surface area contributed by atoms with Gasteiger partial charge in [-0.1, -0.05) is 0 Å². The molecule has 2 aromatic rings. The summed E-state index contributed by atoms with van der Waals surface area (Å²) in [5, 5.41) is 8.88. The molecule has 7 nitrogen and oxygen atoms in total. The van der Waals surface area contributed by atoms with Crippen molar-refractivity contribution in [2.75, 3.05) is 20.7 Å². The Balaban J connectivity index is 2.20. The number of carboxylic acid groups (broad SMARTS) is 1. The second-order valence-electron chi connectivity index (χ2n) is 5.77. The Bertz CT molecular complexity index is 861. The van der Waals surface area contributed by atoms with Crippen molar-refractivity contribution < 1.29 is 27.5 Å². The van der Waals surface area contributed by atoms with E-state index in [1.807, 2.05) is 0 Å². The molecule has 0 spiro atoms. The topological polar surface area (TPSA) is 97.1 Å². The Morgan fingerprint density at radius 3 is 2.32 bits per heavy atom. The van der Waals surface area contributed by atoms with Crippen molar-refractivity contribution in [3.63, 3.8) is 0 Å². The lowest BCUT2D eigenvalue weighted by atomic mass is 10.1. The van der Waals surface area contributed by atoms with Gasteiger partial charge in [-0.05, 0) is 43.2 Å². The molecule has 0 aliphatic heterocycles. The molecule has 0 radical (unpaired) electrons. The smallest absolute Gasteiger partial charge is 0.338 e. The van der Waals surface area contributed by atoms with Crippen molar-refractivity contribution in [3.05, 3.63) is 46.9 Å². The summed E-state index contributed by atoms with van der Waals surface area (Å²) in [6, 6.07) is 4.76. The monoisotopic (exact) mass is 367 g/mol. The molecule has 0 atom stereocenters. The second kappa shape index (κ2) is 7.28. The van der Waals surface area contributed by atoms with E-state index in [0.717, 1.165) is 6.26 Å². The number of aromatic carboxylic acids is 1. The zero-order chi connectivity index (χ0) is 18.8. The number of sulfonamides is 1. The molecule has 1 heterocycles. The minimum absolute atomic E-state index is 0.0438. The van der Waals surface area contributed by atoms with E-state index in [1.165, 1.54) is 24.5 Å². The number of benzene rings is 1. The van der Waals surface area contributed by atoms with Gasteiger partial charge in [-0.15, -0.1) is 0 Å². The van der Waals surface area contributed by atoms with Gasteiger partial charge in [0.1, 0.15) is 17.8 Å². The van der Waals surface area contributed by atoms with Crippen LogP contribution in [0.5, 0.6) is 5.75 Å². The van der Waals surface area contributed by atoms with Crippen LogP contribution in [-0.2, 0) is 16.4 Å². The number of furan rings is 1. The summed E-state index contributed by atoms with van der Waals surface area (Å²) in [4.78, 5) is 11.1. The molecule has 0 bridgehead atoms. The summed E-state index contributed by atoms with van der Waals surface area (Å²) in [7, 11) is -0.669. The van der Waals surface area contributed by atoms with Crippen LogP contribution in [0.2, 0.25) is 0 Å². The van der Waals surface area contributed by atoms with Crippen molar-refractivity contribution in [1.29, 1.82) is 0 Å². The number of hydrogen-bond donors (Lipinski definition) is 1. The molecule has 1 N–H and O–H groups in total. The summed E-state index contributed by atoms with van der Waals surface area (Å²) in [5.41, 5.74) is 1.26. The predicted octanol–water partition coefficient (Wildman–Crippen LogP) is 2.47. The number of hydrogen-bond acceptors (Lipinski definition) is 5. The van der Waals surface area contributed by atoms with E-state index in [1.54, 1.807) is 26.0 Å². The normalized spacial score (nSPS) is 11.7. The lowest BCUT2D eigenvalue weighted by Crippen LogP contribution is -2.30. The van der Waals surface area contributed by atoms with Gasteiger partial charge in [0.2, 0.25) is 10.0 Å². The number of carbonyl (C=O) groups is 1. The number of carboxylic acids is 1. The Morgan fingerprint density at radius 2 is 1.84 bits per heavy atom. The van der Waals surface area contributed by atoms with E-state index in [0.29, 0.717) is 22.6 Å². The molecule has 0 aliphatic rings. The first-order chi connectivity index (χ1) is 11.7. The molecule has 0 unspecified atom stereocenters. The van der Waals surface area contributed by atoms with Gasteiger partial charge in [-0.3, -0.25) is 0 Å². The first-order valence-corrected chi connectivity index (χ1v) is 9.03. The van der Waals surface area contributed by atoms with Crippen LogP contribution in [0.1, 0.15) is 27.2 Å². The van der Waals surface area contributed by atoms with Gasteiger partial charge in [0.15, 0.2) is 0 Å². The molecular formula is C17H21NO6S. The zero-order valence-electron chi connectivity index (χ0n) is 14.6. The van der Waals surface area contributed by atoms with Crippen molar-refractivity contribution in [1.82, 2.24) is 4.31 Å². The maximum absolute atomic E-state index is 12.9. The maximum atomic E-state index is 12.9. The van der Waals surface area contributed by atoms with Crippen LogP contribution < -0.4 is 4.74 Å². The first kappa shape index (κ1) is 19.0. The molecule has 0 aliphatic carbocycles. The average Bonchev–Trinajstić information content (AvgIpc) is 3.00. The van der Waals surface area contributed by atoms with E-state index in [9.17, 15) is 13.2 Å². The lowest BCUT2D eigenvalue weighted by Gasteiger charge is -2.20. The van der Waals surface area contributed by atoms with E-state index in [-0.39, 0.29) is 23.4 Å². The van der Waals surface area contributed by atoms with Crippen molar-refractivity contribution in [3.8, 4) is 5.75 Å². The van der Waals surface area contributed by atoms with Gasteiger partial charge in [0, 0.05) is 20.0 Å². The highest BCUT2D eigenvalue weighted by Gasteiger charge is 2.25. The Kier molecular flexibility index (Phi) is 5.54. The minimum atomic E-state index is -3.69. The fourth-order valence-electron chi connectivity index (χ4n) is 2.60. The van der Waals surface area contributed by atoms with Crippen LogP contribution in [-0.4, -0.2) is 44.5 Å². The summed E-state index contributed by atoms with van der Waals surface area (Å²) in [6.45, 7) is 3.61. The number of ether oxygens (including phenoxy) is 1. The number of nitrogens with zero attached hydrogens (tertiary/aromatic N) is 1. The Hall–Kier alpha value is -2.32. The summed E-state index contributed by atoms with van der Waals surface area (Å²) in [5.74, 6) is -0.0588. The molecule has 0 saturated carbocycles.